The molecular weight excluding hydrogens is 316 g/mol. The molecule has 0 aliphatic heterocycles. The zero-order valence-electron chi connectivity index (χ0n) is 12.1. The van der Waals surface area contributed by atoms with Crippen molar-refractivity contribution in [3.8, 4) is 5.75 Å². The average molecular weight is 333 g/mol. The van der Waals surface area contributed by atoms with Gasteiger partial charge in [0.25, 0.3) is 0 Å². The minimum atomic E-state index is 0.0482. The predicted molar refractivity (Wildman–Crippen MR) is 84.8 cm³/mol. The molecule has 0 amide bonds. The summed E-state index contributed by atoms with van der Waals surface area (Å²) < 4.78 is 6.20. The van der Waals surface area contributed by atoms with Gasteiger partial charge in [-0.3, -0.25) is 4.79 Å². The fraction of sp³-hybridized carbons (Fsp3) is 0.235. The molecule has 0 heterocycles. The maximum absolute atomic E-state index is 12.7. The molecule has 0 aromatic heterocycles. The van der Waals surface area contributed by atoms with E-state index >= 15 is 0 Å². The molecular formula is C17H17BrO2. The number of carbonyl (C=O) groups excluding carboxylic acids is 1. The molecule has 0 saturated heterocycles. The lowest BCUT2D eigenvalue weighted by Gasteiger charge is -2.12. The first-order valence-corrected chi connectivity index (χ1v) is 7.19. The van der Waals surface area contributed by atoms with Crippen LogP contribution < -0.4 is 4.74 Å². The minimum Gasteiger partial charge on any atom is -0.496 e. The highest BCUT2D eigenvalue weighted by atomic mass is 79.9. The van der Waals surface area contributed by atoms with Gasteiger partial charge in [0, 0.05) is 15.6 Å². The molecule has 0 saturated carbocycles. The van der Waals surface area contributed by atoms with Crippen LogP contribution in [0, 0.1) is 20.8 Å². The van der Waals surface area contributed by atoms with Crippen molar-refractivity contribution < 1.29 is 9.53 Å². The molecule has 2 rings (SSSR count). The molecule has 0 atom stereocenters. The third kappa shape index (κ3) is 2.78. The Balaban J connectivity index is 2.54. The zero-order chi connectivity index (χ0) is 14.9. The number of hydrogen-bond acceptors (Lipinski definition) is 2. The summed E-state index contributed by atoms with van der Waals surface area (Å²) in [4.78, 5) is 12.7. The number of benzene rings is 2. The Morgan fingerprint density at radius 2 is 1.60 bits per heavy atom. The van der Waals surface area contributed by atoms with Gasteiger partial charge in [0.15, 0.2) is 5.78 Å². The van der Waals surface area contributed by atoms with Gasteiger partial charge in [0.1, 0.15) is 5.75 Å². The first kappa shape index (κ1) is 14.8. The largest absolute Gasteiger partial charge is 0.496 e. The van der Waals surface area contributed by atoms with Gasteiger partial charge in [-0.15, -0.1) is 0 Å². The number of methoxy groups -OCH3 is 1. The molecule has 2 aromatic rings. The summed E-state index contributed by atoms with van der Waals surface area (Å²) in [5.74, 6) is 0.858. The van der Waals surface area contributed by atoms with Crippen molar-refractivity contribution in [3.63, 3.8) is 0 Å². The summed E-state index contributed by atoms with van der Waals surface area (Å²) in [7, 11) is 1.64. The maximum Gasteiger partial charge on any atom is 0.193 e. The highest BCUT2D eigenvalue weighted by Crippen LogP contribution is 2.26. The molecule has 0 unspecified atom stereocenters. The Labute approximate surface area is 127 Å². The molecule has 2 aromatic carbocycles. The van der Waals surface area contributed by atoms with Gasteiger partial charge in [-0.25, -0.2) is 0 Å². The van der Waals surface area contributed by atoms with Crippen molar-refractivity contribution in [2.75, 3.05) is 7.11 Å². The van der Waals surface area contributed by atoms with Crippen LogP contribution in [-0.4, -0.2) is 12.9 Å². The van der Waals surface area contributed by atoms with Crippen molar-refractivity contribution in [1.82, 2.24) is 0 Å². The summed E-state index contributed by atoms with van der Waals surface area (Å²) in [5, 5.41) is 0. The number of hydrogen-bond donors (Lipinski definition) is 0. The molecule has 2 nitrogen and oxygen atoms in total. The van der Waals surface area contributed by atoms with Crippen LogP contribution in [0.25, 0.3) is 0 Å². The molecule has 0 fully saturated rings. The molecule has 0 aliphatic rings. The van der Waals surface area contributed by atoms with Crippen molar-refractivity contribution in [1.29, 1.82) is 0 Å². The van der Waals surface area contributed by atoms with Gasteiger partial charge in [0.2, 0.25) is 0 Å². The second-order valence-corrected chi connectivity index (χ2v) is 5.84. The molecule has 20 heavy (non-hydrogen) atoms. The molecule has 0 N–H and O–H groups in total. The number of ketones is 1. The number of aryl methyl sites for hydroxylation is 3. The van der Waals surface area contributed by atoms with E-state index in [9.17, 15) is 4.79 Å². The van der Waals surface area contributed by atoms with Crippen LogP contribution in [0.4, 0.5) is 0 Å². The Morgan fingerprint density at radius 1 is 0.950 bits per heavy atom. The third-order valence-corrected chi connectivity index (χ3v) is 3.92. The van der Waals surface area contributed by atoms with Crippen molar-refractivity contribution in [2.24, 2.45) is 0 Å². The van der Waals surface area contributed by atoms with Crippen LogP contribution in [0.2, 0.25) is 0 Å². The van der Waals surface area contributed by atoms with E-state index in [1.165, 1.54) is 0 Å². The SMILES string of the molecule is COc1cc(C)c(C(=O)c2cc(Br)ccc2C)cc1C. The van der Waals surface area contributed by atoms with E-state index in [-0.39, 0.29) is 5.78 Å². The van der Waals surface area contributed by atoms with Crippen LogP contribution in [0.3, 0.4) is 0 Å². The maximum atomic E-state index is 12.7. The Kier molecular flexibility index (Phi) is 4.29. The monoisotopic (exact) mass is 332 g/mol. The van der Waals surface area contributed by atoms with Crippen LogP contribution in [0.15, 0.2) is 34.8 Å². The fourth-order valence-electron chi connectivity index (χ4n) is 2.24. The molecule has 0 spiro atoms. The van der Waals surface area contributed by atoms with E-state index in [2.05, 4.69) is 15.9 Å². The van der Waals surface area contributed by atoms with Gasteiger partial charge in [-0.2, -0.15) is 0 Å². The highest BCUT2D eigenvalue weighted by Gasteiger charge is 2.16. The second-order valence-electron chi connectivity index (χ2n) is 4.93. The first-order valence-electron chi connectivity index (χ1n) is 6.40. The van der Waals surface area contributed by atoms with Crippen LogP contribution in [0.1, 0.15) is 32.6 Å². The quantitative estimate of drug-likeness (QED) is 0.767. The van der Waals surface area contributed by atoms with E-state index in [0.717, 1.165) is 38.0 Å². The van der Waals surface area contributed by atoms with E-state index in [4.69, 9.17) is 4.74 Å². The minimum absolute atomic E-state index is 0.0482. The molecule has 0 aliphatic carbocycles. The molecule has 3 heteroatoms. The van der Waals surface area contributed by atoms with Gasteiger partial charge in [0.05, 0.1) is 7.11 Å². The standard InChI is InChI=1S/C17H17BrO2/c1-10-5-6-13(18)9-15(10)17(19)14-7-12(3)16(20-4)8-11(14)2/h5-9H,1-4H3. The lowest BCUT2D eigenvalue weighted by molar-refractivity contribution is 0.103. The summed E-state index contributed by atoms with van der Waals surface area (Å²) in [6.45, 7) is 5.83. The van der Waals surface area contributed by atoms with Gasteiger partial charge < -0.3 is 4.74 Å². The number of rotatable bonds is 3. The Bertz CT molecular complexity index is 675. The number of carbonyl (C=O) groups is 1. The van der Waals surface area contributed by atoms with Crippen LogP contribution in [-0.2, 0) is 0 Å². The van der Waals surface area contributed by atoms with Crippen molar-refractivity contribution >= 4 is 21.7 Å². The zero-order valence-corrected chi connectivity index (χ0v) is 13.7. The number of ether oxygens (including phenoxy) is 1. The molecule has 0 radical (unpaired) electrons. The summed E-state index contributed by atoms with van der Waals surface area (Å²) in [6.07, 6.45) is 0. The van der Waals surface area contributed by atoms with Gasteiger partial charge >= 0.3 is 0 Å². The van der Waals surface area contributed by atoms with E-state index in [0.29, 0.717) is 0 Å². The Hall–Kier alpha value is -1.61. The molecule has 0 bridgehead atoms. The second kappa shape index (κ2) is 5.80. The van der Waals surface area contributed by atoms with E-state index < -0.39 is 0 Å². The highest BCUT2D eigenvalue weighted by molar-refractivity contribution is 9.10. The van der Waals surface area contributed by atoms with E-state index in [1.807, 2.05) is 51.1 Å². The summed E-state index contributed by atoms with van der Waals surface area (Å²) in [6, 6.07) is 9.57. The topological polar surface area (TPSA) is 26.3 Å². The van der Waals surface area contributed by atoms with Crippen molar-refractivity contribution in [3.05, 3.63) is 62.6 Å². The van der Waals surface area contributed by atoms with Gasteiger partial charge in [-0.1, -0.05) is 22.0 Å². The Morgan fingerprint density at radius 3 is 2.25 bits per heavy atom. The normalized spacial score (nSPS) is 10.4. The average Bonchev–Trinajstić information content (AvgIpc) is 2.42. The third-order valence-electron chi connectivity index (χ3n) is 3.43. The van der Waals surface area contributed by atoms with Gasteiger partial charge in [-0.05, 0) is 61.7 Å². The fourth-order valence-corrected chi connectivity index (χ4v) is 2.60. The van der Waals surface area contributed by atoms with Crippen LogP contribution >= 0.6 is 15.9 Å². The smallest absolute Gasteiger partial charge is 0.193 e. The number of halogens is 1. The summed E-state index contributed by atoms with van der Waals surface area (Å²) in [5.41, 5.74) is 4.33. The van der Waals surface area contributed by atoms with Crippen LogP contribution in [0.5, 0.6) is 5.75 Å². The first-order chi connectivity index (χ1) is 9.43. The lowest BCUT2D eigenvalue weighted by atomic mass is 9.94. The predicted octanol–water partition coefficient (Wildman–Crippen LogP) is 4.61. The van der Waals surface area contributed by atoms with E-state index in [1.54, 1.807) is 7.11 Å². The lowest BCUT2D eigenvalue weighted by Crippen LogP contribution is -2.07. The summed E-state index contributed by atoms with van der Waals surface area (Å²) >= 11 is 3.42. The van der Waals surface area contributed by atoms with Crippen molar-refractivity contribution in [2.45, 2.75) is 20.8 Å². The molecule has 104 valence electrons.